The maximum Gasteiger partial charge on any atom is 0.267 e. The standard InChI is InChI=1S/C25H26N4O5S2/c1-15-5-4-10-28-22(15)27-21(26-9-12-30)17(23(28)31)14-20-24(32)29(25(35)36-20)11-8-16-6-7-18(33-2)19(13-16)34-3/h4-7,10,13-14,26,30H,8-9,11-12H2,1-3H3. The minimum Gasteiger partial charge on any atom is -0.493 e. The first-order valence-corrected chi connectivity index (χ1v) is 12.4. The summed E-state index contributed by atoms with van der Waals surface area (Å²) in [5, 5.41) is 12.3. The van der Waals surface area contributed by atoms with Crippen LogP contribution in [0.3, 0.4) is 0 Å². The summed E-state index contributed by atoms with van der Waals surface area (Å²) in [4.78, 5) is 33.0. The fourth-order valence-corrected chi connectivity index (χ4v) is 5.14. The molecule has 1 aliphatic heterocycles. The van der Waals surface area contributed by atoms with Gasteiger partial charge in [0.1, 0.15) is 15.8 Å². The Hall–Kier alpha value is -3.41. The highest BCUT2D eigenvalue weighted by molar-refractivity contribution is 8.26. The number of fused-ring (bicyclic) bond motifs is 1. The van der Waals surface area contributed by atoms with E-state index in [1.807, 2.05) is 31.2 Å². The van der Waals surface area contributed by atoms with Crippen molar-refractivity contribution in [2.75, 3.05) is 39.2 Å². The molecule has 1 fully saturated rings. The lowest BCUT2D eigenvalue weighted by atomic mass is 10.1. The highest BCUT2D eigenvalue weighted by atomic mass is 32.2. The molecule has 2 aromatic heterocycles. The van der Waals surface area contributed by atoms with Crippen LogP contribution in [0.25, 0.3) is 11.7 Å². The predicted octanol–water partition coefficient (Wildman–Crippen LogP) is 2.87. The summed E-state index contributed by atoms with van der Waals surface area (Å²) in [5.41, 5.74) is 2.21. The van der Waals surface area contributed by atoms with Gasteiger partial charge in [-0.1, -0.05) is 36.1 Å². The zero-order valence-corrected chi connectivity index (χ0v) is 21.7. The largest absolute Gasteiger partial charge is 0.493 e. The fourth-order valence-electron chi connectivity index (χ4n) is 3.85. The van der Waals surface area contributed by atoms with Crippen LogP contribution in [0.1, 0.15) is 16.7 Å². The number of ether oxygens (including phenoxy) is 2. The van der Waals surface area contributed by atoms with Crippen molar-refractivity contribution in [3.8, 4) is 11.5 Å². The first kappa shape index (κ1) is 25.7. The first-order valence-electron chi connectivity index (χ1n) is 11.2. The van der Waals surface area contributed by atoms with E-state index in [-0.39, 0.29) is 30.2 Å². The number of nitrogens with zero attached hydrogens (tertiary/aromatic N) is 3. The number of anilines is 1. The number of benzene rings is 1. The number of aromatic nitrogens is 2. The Kier molecular flexibility index (Phi) is 7.92. The van der Waals surface area contributed by atoms with Crippen molar-refractivity contribution in [1.29, 1.82) is 0 Å². The third-order valence-corrected chi connectivity index (χ3v) is 7.09. The molecular formula is C25H26N4O5S2. The highest BCUT2D eigenvalue weighted by Gasteiger charge is 2.32. The first-order chi connectivity index (χ1) is 17.4. The average Bonchev–Trinajstić information content (AvgIpc) is 3.15. The van der Waals surface area contributed by atoms with Gasteiger partial charge in [-0.3, -0.25) is 18.9 Å². The Labute approximate surface area is 217 Å². The lowest BCUT2D eigenvalue weighted by molar-refractivity contribution is -0.122. The van der Waals surface area contributed by atoms with Crippen LogP contribution in [0.2, 0.25) is 0 Å². The molecule has 3 heterocycles. The predicted molar refractivity (Wildman–Crippen MR) is 145 cm³/mol. The normalized spacial score (nSPS) is 14.7. The van der Waals surface area contributed by atoms with Gasteiger partial charge in [-0.15, -0.1) is 0 Å². The molecule has 0 spiro atoms. The molecule has 1 aromatic carbocycles. The third-order valence-electron chi connectivity index (χ3n) is 5.71. The molecule has 0 atom stereocenters. The molecule has 2 N–H and O–H groups in total. The average molecular weight is 527 g/mol. The van der Waals surface area contributed by atoms with Crippen molar-refractivity contribution in [2.45, 2.75) is 13.3 Å². The van der Waals surface area contributed by atoms with Gasteiger partial charge in [0.2, 0.25) is 0 Å². The van der Waals surface area contributed by atoms with Gasteiger partial charge >= 0.3 is 0 Å². The van der Waals surface area contributed by atoms with Crippen LogP contribution in [0.5, 0.6) is 11.5 Å². The minimum absolute atomic E-state index is 0.132. The molecule has 4 rings (SSSR count). The smallest absolute Gasteiger partial charge is 0.267 e. The number of aryl methyl sites for hydroxylation is 1. The van der Waals surface area contributed by atoms with E-state index in [9.17, 15) is 14.7 Å². The number of thioether (sulfide) groups is 1. The van der Waals surface area contributed by atoms with Crippen LogP contribution < -0.4 is 20.3 Å². The molecule has 0 bridgehead atoms. The molecule has 0 saturated carbocycles. The molecule has 0 radical (unpaired) electrons. The van der Waals surface area contributed by atoms with Gasteiger partial charge in [-0.05, 0) is 48.7 Å². The van der Waals surface area contributed by atoms with E-state index >= 15 is 0 Å². The van der Waals surface area contributed by atoms with Crippen LogP contribution in [-0.2, 0) is 11.2 Å². The molecule has 0 unspecified atom stereocenters. The van der Waals surface area contributed by atoms with Crippen LogP contribution >= 0.6 is 24.0 Å². The van der Waals surface area contributed by atoms with Crippen molar-refractivity contribution in [3.05, 3.63) is 68.5 Å². The molecule has 3 aromatic rings. The van der Waals surface area contributed by atoms with E-state index < -0.39 is 0 Å². The Morgan fingerprint density at radius 3 is 2.69 bits per heavy atom. The molecule has 1 aliphatic rings. The maximum absolute atomic E-state index is 13.3. The molecule has 1 saturated heterocycles. The zero-order valence-electron chi connectivity index (χ0n) is 20.1. The van der Waals surface area contributed by atoms with Crippen molar-refractivity contribution < 1.29 is 19.4 Å². The van der Waals surface area contributed by atoms with Gasteiger partial charge in [-0.25, -0.2) is 4.98 Å². The summed E-state index contributed by atoms with van der Waals surface area (Å²) in [7, 11) is 3.15. The van der Waals surface area contributed by atoms with Crippen LogP contribution in [-0.4, -0.2) is 63.5 Å². The topological polar surface area (TPSA) is 105 Å². The van der Waals surface area contributed by atoms with Crippen LogP contribution in [0.4, 0.5) is 5.82 Å². The second-order valence-corrected chi connectivity index (χ2v) is 9.66. The number of methoxy groups -OCH3 is 2. The number of hydrogen-bond donors (Lipinski definition) is 2. The number of aliphatic hydroxyl groups is 1. The summed E-state index contributed by atoms with van der Waals surface area (Å²) in [6, 6.07) is 9.23. The highest BCUT2D eigenvalue weighted by Crippen LogP contribution is 2.34. The van der Waals surface area contributed by atoms with Crippen molar-refractivity contribution >= 4 is 51.7 Å². The molecule has 188 valence electrons. The van der Waals surface area contributed by atoms with E-state index in [1.165, 1.54) is 15.4 Å². The van der Waals surface area contributed by atoms with E-state index in [4.69, 9.17) is 21.7 Å². The second-order valence-electron chi connectivity index (χ2n) is 7.99. The Bertz CT molecular complexity index is 1420. The van der Waals surface area contributed by atoms with Gasteiger partial charge in [0.15, 0.2) is 11.5 Å². The van der Waals surface area contributed by atoms with Gasteiger partial charge in [0.05, 0.1) is 31.3 Å². The van der Waals surface area contributed by atoms with Crippen molar-refractivity contribution in [3.63, 3.8) is 0 Å². The Balaban J connectivity index is 1.62. The lowest BCUT2D eigenvalue weighted by Gasteiger charge is -2.15. The van der Waals surface area contributed by atoms with E-state index in [1.54, 1.807) is 26.5 Å². The van der Waals surface area contributed by atoms with Crippen molar-refractivity contribution in [1.82, 2.24) is 14.3 Å². The number of amides is 1. The monoisotopic (exact) mass is 526 g/mol. The molecule has 36 heavy (non-hydrogen) atoms. The van der Waals surface area contributed by atoms with Crippen molar-refractivity contribution in [2.24, 2.45) is 0 Å². The SMILES string of the molecule is COc1ccc(CCN2C(=O)C(=Cc3c(NCCO)nc4c(C)cccn4c3=O)SC2=S)cc1OC. The summed E-state index contributed by atoms with van der Waals surface area (Å²) in [5.74, 6) is 1.28. The van der Waals surface area contributed by atoms with Crippen LogP contribution in [0.15, 0.2) is 46.2 Å². The third kappa shape index (κ3) is 5.08. The number of nitrogens with one attached hydrogen (secondary N) is 1. The quantitative estimate of drug-likeness (QED) is 0.322. The number of carbonyl (C=O) groups is 1. The van der Waals surface area contributed by atoms with E-state index in [2.05, 4.69) is 10.3 Å². The number of pyridine rings is 1. The van der Waals surface area contributed by atoms with Gasteiger partial charge in [-0.2, -0.15) is 0 Å². The molecule has 1 amide bonds. The number of thiocarbonyl (C=S) groups is 1. The number of carbonyl (C=O) groups excluding carboxylic acids is 1. The summed E-state index contributed by atoms with van der Waals surface area (Å²) < 4.78 is 12.5. The molecule has 0 aliphatic carbocycles. The second kappa shape index (κ2) is 11.1. The minimum atomic E-state index is -0.320. The molecular weight excluding hydrogens is 500 g/mol. The molecule has 9 nitrogen and oxygen atoms in total. The van der Waals surface area contributed by atoms with Crippen LogP contribution in [0, 0.1) is 6.92 Å². The Morgan fingerprint density at radius 2 is 1.97 bits per heavy atom. The van der Waals surface area contributed by atoms with Gasteiger partial charge in [0.25, 0.3) is 11.5 Å². The fraction of sp³-hybridized carbons (Fsp3) is 0.280. The maximum atomic E-state index is 13.3. The Morgan fingerprint density at radius 1 is 1.19 bits per heavy atom. The lowest BCUT2D eigenvalue weighted by Crippen LogP contribution is -2.30. The molecule has 11 heteroatoms. The van der Waals surface area contributed by atoms with E-state index in [0.29, 0.717) is 45.2 Å². The summed E-state index contributed by atoms with van der Waals surface area (Å²) in [6.07, 6.45) is 3.72. The summed E-state index contributed by atoms with van der Waals surface area (Å²) in [6.45, 7) is 2.32. The van der Waals surface area contributed by atoms with Gasteiger partial charge in [0, 0.05) is 19.3 Å². The van der Waals surface area contributed by atoms with Gasteiger partial charge < -0.3 is 19.9 Å². The number of hydrogen-bond acceptors (Lipinski definition) is 9. The zero-order chi connectivity index (χ0) is 25.8. The number of aliphatic hydroxyl groups excluding tert-OH is 1. The number of rotatable bonds is 9. The van der Waals surface area contributed by atoms with E-state index in [0.717, 1.165) is 22.9 Å². The summed E-state index contributed by atoms with van der Waals surface area (Å²) >= 11 is 6.63.